The first-order valence-electron chi connectivity index (χ1n) is 6.15. The largest absolute Gasteiger partial charge is 0.401 e. The normalized spacial score (nSPS) is 19.0. The molecule has 0 saturated carbocycles. The van der Waals surface area contributed by atoms with Crippen molar-refractivity contribution in [2.24, 2.45) is 0 Å². The molecule has 0 aliphatic carbocycles. The Labute approximate surface area is 130 Å². The maximum atomic E-state index is 12.4. The number of hydrogen-bond donors (Lipinski definition) is 0. The number of piperazine rings is 1. The number of rotatable bonds is 4. The van der Waals surface area contributed by atoms with E-state index in [0.717, 1.165) is 4.88 Å². The maximum absolute atomic E-state index is 12.4. The van der Waals surface area contributed by atoms with Gasteiger partial charge < -0.3 is 0 Å². The van der Waals surface area contributed by atoms with Crippen LogP contribution in [-0.2, 0) is 15.9 Å². The monoisotopic (exact) mass is 362 g/mol. The smallest absolute Gasteiger partial charge is 0.292 e. The van der Waals surface area contributed by atoms with Crippen LogP contribution in [0, 0.1) is 0 Å². The molecule has 0 atom stereocenters. The van der Waals surface area contributed by atoms with E-state index in [1.165, 1.54) is 32.0 Å². The maximum Gasteiger partial charge on any atom is 0.401 e. The molecule has 2 rings (SSSR count). The number of alkyl halides is 4. The van der Waals surface area contributed by atoms with Crippen molar-refractivity contribution in [3.63, 3.8) is 0 Å². The zero-order valence-corrected chi connectivity index (χ0v) is 13.3. The van der Waals surface area contributed by atoms with Crippen molar-refractivity contribution in [1.82, 2.24) is 9.21 Å². The lowest BCUT2D eigenvalue weighted by Crippen LogP contribution is -2.50. The molecule has 0 spiro atoms. The van der Waals surface area contributed by atoms with Crippen molar-refractivity contribution >= 4 is 33.0 Å². The summed E-state index contributed by atoms with van der Waals surface area (Å²) in [5.74, 6) is 0.236. The van der Waals surface area contributed by atoms with E-state index in [-0.39, 0.29) is 37.0 Å². The van der Waals surface area contributed by atoms with E-state index >= 15 is 0 Å². The summed E-state index contributed by atoms with van der Waals surface area (Å²) in [6.45, 7) is -0.735. The zero-order chi connectivity index (χ0) is 15.7. The van der Waals surface area contributed by atoms with Gasteiger partial charge in [-0.1, -0.05) is 0 Å². The Morgan fingerprint density at radius 3 is 2.33 bits per heavy atom. The van der Waals surface area contributed by atoms with Crippen LogP contribution in [0.4, 0.5) is 13.2 Å². The van der Waals surface area contributed by atoms with E-state index in [1.54, 1.807) is 0 Å². The molecular weight excluding hydrogens is 349 g/mol. The lowest BCUT2D eigenvalue weighted by Gasteiger charge is -2.34. The Balaban J connectivity index is 2.01. The third kappa shape index (κ3) is 4.32. The number of thiophene rings is 1. The second kappa shape index (κ2) is 6.41. The minimum absolute atomic E-state index is 0.0600. The van der Waals surface area contributed by atoms with Gasteiger partial charge >= 0.3 is 6.18 Å². The SMILES string of the molecule is O=S(=O)(c1csc(CCl)c1)N1CCN(CC(F)(F)F)CC1. The van der Waals surface area contributed by atoms with Crippen molar-refractivity contribution in [2.75, 3.05) is 32.7 Å². The highest BCUT2D eigenvalue weighted by atomic mass is 35.5. The molecule has 1 saturated heterocycles. The average Bonchev–Trinajstić information content (AvgIpc) is 2.87. The quantitative estimate of drug-likeness (QED) is 0.772. The van der Waals surface area contributed by atoms with Crippen LogP contribution in [0.5, 0.6) is 0 Å². The summed E-state index contributed by atoms with van der Waals surface area (Å²) >= 11 is 6.90. The lowest BCUT2D eigenvalue weighted by molar-refractivity contribution is -0.148. The topological polar surface area (TPSA) is 40.6 Å². The van der Waals surface area contributed by atoms with Crippen molar-refractivity contribution < 1.29 is 21.6 Å². The predicted octanol–water partition coefficient (Wildman–Crippen LogP) is 2.36. The van der Waals surface area contributed by atoms with Crippen molar-refractivity contribution in [3.05, 3.63) is 16.3 Å². The fourth-order valence-electron chi connectivity index (χ4n) is 2.10. The highest BCUT2D eigenvalue weighted by molar-refractivity contribution is 7.89. The molecule has 120 valence electrons. The van der Waals surface area contributed by atoms with Gasteiger partial charge in [-0.3, -0.25) is 4.90 Å². The van der Waals surface area contributed by atoms with Crippen LogP contribution in [0.15, 0.2) is 16.3 Å². The van der Waals surface area contributed by atoms with E-state index in [9.17, 15) is 21.6 Å². The Kier molecular flexibility index (Phi) is 5.19. The molecule has 4 nitrogen and oxygen atoms in total. The fourth-order valence-corrected chi connectivity index (χ4v) is 4.89. The Hall–Kier alpha value is -0.350. The summed E-state index contributed by atoms with van der Waals surface area (Å²) in [4.78, 5) is 2.11. The molecule has 0 unspecified atom stereocenters. The second-order valence-electron chi connectivity index (χ2n) is 4.68. The van der Waals surface area contributed by atoms with Gasteiger partial charge in [-0.25, -0.2) is 8.42 Å². The summed E-state index contributed by atoms with van der Waals surface area (Å²) in [6, 6.07) is 1.51. The van der Waals surface area contributed by atoms with E-state index < -0.39 is 22.7 Å². The minimum Gasteiger partial charge on any atom is -0.292 e. The number of hydrogen-bond acceptors (Lipinski definition) is 4. The molecule has 1 aliphatic rings. The zero-order valence-electron chi connectivity index (χ0n) is 10.9. The van der Waals surface area contributed by atoms with Gasteiger partial charge in [0.25, 0.3) is 0 Å². The molecule has 0 bridgehead atoms. The fraction of sp³-hybridized carbons (Fsp3) is 0.636. The highest BCUT2D eigenvalue weighted by Gasteiger charge is 2.35. The summed E-state index contributed by atoms with van der Waals surface area (Å²) < 4.78 is 62.8. The Morgan fingerprint density at radius 1 is 1.24 bits per heavy atom. The molecule has 21 heavy (non-hydrogen) atoms. The van der Waals surface area contributed by atoms with Crippen LogP contribution in [-0.4, -0.2) is 56.5 Å². The molecule has 10 heteroatoms. The van der Waals surface area contributed by atoms with Crippen molar-refractivity contribution in [2.45, 2.75) is 17.0 Å². The van der Waals surface area contributed by atoms with Crippen LogP contribution < -0.4 is 0 Å². The first kappa shape index (κ1) is 17.0. The van der Waals surface area contributed by atoms with Gasteiger partial charge in [0.15, 0.2) is 0 Å². The van der Waals surface area contributed by atoms with Crippen molar-refractivity contribution in [3.8, 4) is 0 Å². The van der Waals surface area contributed by atoms with E-state index in [1.807, 2.05) is 0 Å². The number of sulfonamides is 1. The van der Waals surface area contributed by atoms with E-state index in [2.05, 4.69) is 0 Å². The third-order valence-electron chi connectivity index (χ3n) is 3.13. The van der Waals surface area contributed by atoms with Gasteiger partial charge in [-0.2, -0.15) is 17.5 Å². The van der Waals surface area contributed by atoms with Gasteiger partial charge in [0.05, 0.1) is 17.3 Å². The lowest BCUT2D eigenvalue weighted by atomic mass is 10.3. The Morgan fingerprint density at radius 2 is 1.86 bits per heavy atom. The van der Waals surface area contributed by atoms with Crippen LogP contribution in [0.25, 0.3) is 0 Å². The van der Waals surface area contributed by atoms with Gasteiger partial charge in [0, 0.05) is 36.4 Å². The minimum atomic E-state index is -4.26. The van der Waals surface area contributed by atoms with E-state index in [4.69, 9.17) is 11.6 Å². The third-order valence-corrected chi connectivity index (χ3v) is 6.54. The summed E-state index contributed by atoms with van der Waals surface area (Å²) in [5, 5.41) is 1.51. The van der Waals surface area contributed by atoms with Gasteiger partial charge in [0.2, 0.25) is 10.0 Å². The highest BCUT2D eigenvalue weighted by Crippen LogP contribution is 2.25. The molecule has 1 aliphatic heterocycles. The molecule has 2 heterocycles. The molecule has 1 fully saturated rings. The molecule has 0 radical (unpaired) electrons. The first-order chi connectivity index (χ1) is 9.72. The van der Waals surface area contributed by atoms with Gasteiger partial charge in [0.1, 0.15) is 0 Å². The predicted molar refractivity (Wildman–Crippen MR) is 75.1 cm³/mol. The van der Waals surface area contributed by atoms with Crippen LogP contribution >= 0.6 is 22.9 Å². The average molecular weight is 363 g/mol. The molecular formula is C11H14ClF3N2O2S2. The molecule has 0 N–H and O–H groups in total. The van der Waals surface area contributed by atoms with Gasteiger partial charge in [-0.15, -0.1) is 22.9 Å². The van der Waals surface area contributed by atoms with Crippen molar-refractivity contribution in [1.29, 1.82) is 0 Å². The van der Waals surface area contributed by atoms with E-state index in [0.29, 0.717) is 0 Å². The van der Waals surface area contributed by atoms with Gasteiger partial charge in [-0.05, 0) is 6.07 Å². The summed E-state index contributed by atoms with van der Waals surface area (Å²) in [6.07, 6.45) is -4.26. The molecule has 1 aromatic rings. The molecule has 0 amide bonds. The molecule has 0 aromatic carbocycles. The number of nitrogens with zero attached hydrogens (tertiary/aromatic N) is 2. The summed E-state index contributed by atoms with van der Waals surface area (Å²) in [7, 11) is -3.64. The van der Waals surface area contributed by atoms with Crippen LogP contribution in [0.1, 0.15) is 4.88 Å². The standard InChI is InChI=1S/C11H14ClF3N2O2S2/c12-6-9-5-10(7-20-9)21(18,19)17-3-1-16(2-4-17)8-11(13,14)15/h5,7H,1-4,6,8H2. The second-order valence-corrected chi connectivity index (χ2v) is 7.88. The summed E-state index contributed by atoms with van der Waals surface area (Å²) in [5.41, 5.74) is 0. The van der Waals surface area contributed by atoms with Crippen LogP contribution in [0.3, 0.4) is 0 Å². The number of halogens is 4. The Bertz CT molecular complexity index is 581. The molecule has 1 aromatic heterocycles. The first-order valence-corrected chi connectivity index (χ1v) is 9.00. The van der Waals surface area contributed by atoms with Crippen LogP contribution in [0.2, 0.25) is 0 Å².